The second kappa shape index (κ2) is 6.44. The zero-order valence-corrected chi connectivity index (χ0v) is 15.6. The highest BCUT2D eigenvalue weighted by Gasteiger charge is 2.35. The molecule has 0 radical (unpaired) electrons. The summed E-state index contributed by atoms with van der Waals surface area (Å²) in [5.41, 5.74) is 2.36. The van der Waals surface area contributed by atoms with E-state index in [-0.39, 0.29) is 11.3 Å². The average Bonchev–Trinajstić information content (AvgIpc) is 3.23. The van der Waals surface area contributed by atoms with E-state index in [0.29, 0.717) is 35.3 Å². The Morgan fingerprint density at radius 1 is 1.14 bits per heavy atom. The quantitative estimate of drug-likeness (QED) is 0.711. The van der Waals surface area contributed by atoms with E-state index < -0.39 is 0 Å². The summed E-state index contributed by atoms with van der Waals surface area (Å²) in [5.74, 6) is 2.22. The lowest BCUT2D eigenvalue weighted by atomic mass is 9.83. The third kappa shape index (κ3) is 2.74. The highest BCUT2D eigenvalue weighted by Crippen LogP contribution is 2.37. The Morgan fingerprint density at radius 3 is 2.75 bits per heavy atom. The summed E-state index contributed by atoms with van der Waals surface area (Å²) in [4.78, 5) is 38.6. The number of Topliss-reactive ketones (excluding diaryl/α,β-unsaturated/α-hetero) is 1. The minimum atomic E-state index is 0.0234. The lowest BCUT2D eigenvalue weighted by Gasteiger charge is -2.43. The molecule has 5 rings (SSSR count). The predicted octanol–water partition coefficient (Wildman–Crippen LogP) is 2.46. The molecule has 142 valence electrons. The van der Waals surface area contributed by atoms with E-state index in [1.165, 1.54) is 0 Å². The summed E-state index contributed by atoms with van der Waals surface area (Å²) in [7, 11) is 0. The fourth-order valence-corrected chi connectivity index (χ4v) is 4.51. The maximum atomic E-state index is 13.0. The smallest absolute Gasteiger partial charge is 0.261 e. The van der Waals surface area contributed by atoms with Gasteiger partial charge in [0.1, 0.15) is 11.6 Å². The van der Waals surface area contributed by atoms with Crippen molar-refractivity contribution in [3.05, 3.63) is 64.5 Å². The third-order valence-corrected chi connectivity index (χ3v) is 5.84. The van der Waals surface area contributed by atoms with Gasteiger partial charge in [-0.3, -0.25) is 9.59 Å². The first-order valence-corrected chi connectivity index (χ1v) is 9.55. The van der Waals surface area contributed by atoms with Crippen molar-refractivity contribution in [2.75, 3.05) is 18.0 Å². The summed E-state index contributed by atoms with van der Waals surface area (Å²) in [6.07, 6.45) is 6.13. The van der Waals surface area contributed by atoms with Crippen LogP contribution < -0.4 is 10.5 Å². The van der Waals surface area contributed by atoms with Crippen LogP contribution >= 0.6 is 0 Å². The molecule has 0 aromatic carbocycles. The molecule has 28 heavy (non-hydrogen) atoms. The minimum absolute atomic E-state index is 0.0234. The van der Waals surface area contributed by atoms with Crippen molar-refractivity contribution in [3.63, 3.8) is 0 Å². The second-order valence-electron chi connectivity index (χ2n) is 7.69. The van der Waals surface area contributed by atoms with Crippen molar-refractivity contribution in [2.45, 2.75) is 25.8 Å². The Hall–Kier alpha value is -3.22. The molecule has 2 aliphatic heterocycles. The molecule has 1 saturated heterocycles. The van der Waals surface area contributed by atoms with E-state index in [1.54, 1.807) is 25.5 Å². The van der Waals surface area contributed by atoms with Crippen LogP contribution in [0, 0.1) is 5.92 Å². The zero-order valence-electron chi connectivity index (χ0n) is 15.6. The number of pyridine rings is 2. The van der Waals surface area contributed by atoms with E-state index in [9.17, 15) is 9.59 Å². The van der Waals surface area contributed by atoms with Gasteiger partial charge in [0.25, 0.3) is 5.56 Å². The number of piperidine rings is 1. The van der Waals surface area contributed by atoms with Crippen LogP contribution in [0.1, 0.15) is 35.3 Å². The number of rotatable bonds is 3. The molecule has 0 saturated carbocycles. The van der Waals surface area contributed by atoms with Gasteiger partial charge < -0.3 is 14.5 Å². The monoisotopic (exact) mass is 375 g/mol. The molecule has 2 bridgehead atoms. The molecule has 7 heteroatoms. The fourth-order valence-electron chi connectivity index (χ4n) is 4.51. The normalized spacial score (nSPS) is 20.7. The first-order chi connectivity index (χ1) is 13.6. The summed E-state index contributed by atoms with van der Waals surface area (Å²) in [5, 5.41) is 0. The molecule has 0 amide bonds. The van der Waals surface area contributed by atoms with E-state index in [1.807, 2.05) is 22.8 Å². The molecule has 0 spiro atoms. The molecule has 3 aromatic heterocycles. The number of nitrogens with zero attached hydrogens (tertiary/aromatic N) is 4. The molecule has 0 aliphatic carbocycles. The molecule has 5 heterocycles. The summed E-state index contributed by atoms with van der Waals surface area (Å²) >= 11 is 0. The van der Waals surface area contributed by atoms with Gasteiger partial charge in [0.15, 0.2) is 5.78 Å². The maximum absolute atomic E-state index is 13.0. The topological polar surface area (TPSA) is 83.9 Å². The molecule has 3 aromatic rings. The number of carbonyl (C=O) groups excluding carboxylic acids is 1. The molecular weight excluding hydrogens is 354 g/mol. The van der Waals surface area contributed by atoms with E-state index in [0.717, 1.165) is 31.0 Å². The molecular formula is C21H21N5O2. The van der Waals surface area contributed by atoms with Gasteiger partial charge >= 0.3 is 0 Å². The maximum Gasteiger partial charge on any atom is 0.261 e. The Balaban J connectivity index is 1.46. The lowest BCUT2D eigenvalue weighted by Crippen LogP contribution is -2.47. The van der Waals surface area contributed by atoms with Gasteiger partial charge in [0, 0.05) is 55.4 Å². The Bertz CT molecular complexity index is 1080. The first-order valence-electron chi connectivity index (χ1n) is 9.55. The van der Waals surface area contributed by atoms with Crippen LogP contribution in [-0.4, -0.2) is 38.4 Å². The number of aromatic amines is 1. The largest absolute Gasteiger partial charge is 0.356 e. The van der Waals surface area contributed by atoms with E-state index >= 15 is 0 Å². The molecule has 1 fully saturated rings. The van der Waals surface area contributed by atoms with Crippen LogP contribution in [0.15, 0.2) is 47.7 Å². The van der Waals surface area contributed by atoms with Crippen molar-refractivity contribution in [1.29, 1.82) is 0 Å². The first kappa shape index (κ1) is 16.9. The van der Waals surface area contributed by atoms with Crippen LogP contribution in [0.3, 0.4) is 0 Å². The molecule has 2 atom stereocenters. The summed E-state index contributed by atoms with van der Waals surface area (Å²) in [6, 6.07) is 7.70. The standard InChI is InChI=1S/C21H21N5O2/c1-13(27)15-2-5-19(24-9-15)25-10-14-8-16(12-25)18-4-3-17(20-22-6-7-23-20)21(28)26(18)11-14/h2-7,9,14,16H,8,10-12H2,1H3,(H,22,23)/t14-,16+/m0/s1. The van der Waals surface area contributed by atoms with Crippen molar-refractivity contribution in [1.82, 2.24) is 19.5 Å². The SMILES string of the molecule is CC(=O)c1ccc(N2C[C@@H]3C[C@H](C2)c2ccc(-c4ncc[nH]4)c(=O)n2C3)nc1. The van der Waals surface area contributed by atoms with Crippen molar-refractivity contribution in [3.8, 4) is 11.4 Å². The minimum Gasteiger partial charge on any atom is -0.356 e. The van der Waals surface area contributed by atoms with Gasteiger partial charge in [0.2, 0.25) is 0 Å². The van der Waals surface area contributed by atoms with Crippen LogP contribution in [0.5, 0.6) is 0 Å². The second-order valence-corrected chi connectivity index (χ2v) is 7.69. The Morgan fingerprint density at radius 2 is 2.04 bits per heavy atom. The molecule has 7 nitrogen and oxygen atoms in total. The van der Waals surface area contributed by atoms with Gasteiger partial charge in [-0.05, 0) is 43.5 Å². The van der Waals surface area contributed by atoms with Crippen molar-refractivity contribution >= 4 is 11.6 Å². The number of imidazole rings is 1. The van der Waals surface area contributed by atoms with Crippen molar-refractivity contribution in [2.24, 2.45) is 5.92 Å². The number of aromatic nitrogens is 4. The lowest BCUT2D eigenvalue weighted by molar-refractivity contribution is 0.101. The number of anilines is 1. The molecule has 1 N–H and O–H groups in total. The summed E-state index contributed by atoms with van der Waals surface area (Å²) < 4.78 is 1.93. The number of nitrogens with one attached hydrogen (secondary N) is 1. The predicted molar refractivity (Wildman–Crippen MR) is 106 cm³/mol. The molecule has 0 unspecified atom stereocenters. The number of hydrogen-bond acceptors (Lipinski definition) is 5. The highest BCUT2D eigenvalue weighted by molar-refractivity contribution is 5.93. The van der Waals surface area contributed by atoms with Crippen LogP contribution in [0.2, 0.25) is 0 Å². The molecule has 2 aliphatic rings. The fraction of sp³-hybridized carbons (Fsp3) is 0.333. The number of fused-ring (bicyclic) bond motifs is 4. The van der Waals surface area contributed by atoms with Crippen molar-refractivity contribution < 1.29 is 4.79 Å². The highest BCUT2D eigenvalue weighted by atomic mass is 16.1. The van der Waals surface area contributed by atoms with Gasteiger partial charge in [-0.1, -0.05) is 0 Å². The zero-order chi connectivity index (χ0) is 19.3. The summed E-state index contributed by atoms with van der Waals surface area (Å²) in [6.45, 7) is 3.94. The van der Waals surface area contributed by atoms with Crippen LogP contribution in [0.25, 0.3) is 11.4 Å². The number of carbonyl (C=O) groups is 1. The van der Waals surface area contributed by atoms with Gasteiger partial charge in [-0.15, -0.1) is 0 Å². The average molecular weight is 375 g/mol. The third-order valence-electron chi connectivity index (χ3n) is 5.84. The van der Waals surface area contributed by atoms with Gasteiger partial charge in [0.05, 0.1) is 5.56 Å². The Kier molecular flexibility index (Phi) is 3.89. The number of H-pyrrole nitrogens is 1. The van der Waals surface area contributed by atoms with E-state index in [2.05, 4.69) is 25.9 Å². The number of hydrogen-bond donors (Lipinski definition) is 1. The number of ketones is 1. The van der Waals surface area contributed by atoms with Gasteiger partial charge in [-0.2, -0.15) is 0 Å². The van der Waals surface area contributed by atoms with Gasteiger partial charge in [-0.25, -0.2) is 9.97 Å². The van der Waals surface area contributed by atoms with E-state index in [4.69, 9.17) is 0 Å². The van der Waals surface area contributed by atoms with Crippen LogP contribution in [-0.2, 0) is 6.54 Å². The van der Waals surface area contributed by atoms with Crippen LogP contribution in [0.4, 0.5) is 5.82 Å². The Labute approximate surface area is 162 Å².